The van der Waals surface area contributed by atoms with Gasteiger partial charge in [-0.15, -0.1) is 0 Å². The standard InChI is InChI=1S/C15H26N2OS/c18-14(11-16-10-13-4-5-13)17-8-9-19-15(12-17)6-2-1-3-7-15/h13,16H,1-12H2. The first-order valence-electron chi connectivity index (χ1n) is 7.90. The van der Waals surface area contributed by atoms with Crippen molar-refractivity contribution >= 4 is 17.7 Å². The second-order valence-corrected chi connectivity index (χ2v) is 8.04. The monoisotopic (exact) mass is 282 g/mol. The van der Waals surface area contributed by atoms with E-state index < -0.39 is 0 Å². The van der Waals surface area contributed by atoms with Crippen LogP contribution < -0.4 is 5.32 Å². The summed E-state index contributed by atoms with van der Waals surface area (Å²) in [5.41, 5.74) is 0. The van der Waals surface area contributed by atoms with Crippen LogP contribution in [0, 0.1) is 5.92 Å². The van der Waals surface area contributed by atoms with Gasteiger partial charge in [0.05, 0.1) is 6.54 Å². The average Bonchev–Trinajstić information content (AvgIpc) is 3.24. The lowest BCUT2D eigenvalue weighted by Crippen LogP contribution is -2.51. The fourth-order valence-corrected chi connectivity index (χ4v) is 4.94. The van der Waals surface area contributed by atoms with Crippen LogP contribution in [-0.4, -0.2) is 47.5 Å². The minimum Gasteiger partial charge on any atom is -0.339 e. The van der Waals surface area contributed by atoms with Crippen molar-refractivity contribution in [2.45, 2.75) is 49.7 Å². The van der Waals surface area contributed by atoms with E-state index in [1.54, 1.807) is 0 Å². The number of amides is 1. The molecule has 3 rings (SSSR count). The molecule has 0 aromatic carbocycles. The number of carbonyl (C=O) groups is 1. The minimum absolute atomic E-state index is 0.325. The van der Waals surface area contributed by atoms with Crippen LogP contribution in [-0.2, 0) is 4.79 Å². The Bertz CT molecular complexity index is 319. The molecule has 108 valence electrons. The highest BCUT2D eigenvalue weighted by Gasteiger charge is 2.38. The Morgan fingerprint density at radius 1 is 1.26 bits per heavy atom. The zero-order valence-corrected chi connectivity index (χ0v) is 12.6. The predicted molar refractivity (Wildman–Crippen MR) is 80.4 cm³/mol. The van der Waals surface area contributed by atoms with Crippen LogP contribution in [0.3, 0.4) is 0 Å². The molecule has 19 heavy (non-hydrogen) atoms. The molecule has 3 nitrogen and oxygen atoms in total. The molecule has 3 aliphatic rings. The maximum absolute atomic E-state index is 12.3. The second kappa shape index (κ2) is 6.04. The second-order valence-electron chi connectivity index (χ2n) is 6.48. The molecule has 4 heteroatoms. The van der Waals surface area contributed by atoms with Crippen molar-refractivity contribution in [2.75, 3.05) is 31.9 Å². The molecule has 0 aromatic heterocycles. The molecule has 2 saturated carbocycles. The van der Waals surface area contributed by atoms with Crippen molar-refractivity contribution < 1.29 is 4.79 Å². The van der Waals surface area contributed by atoms with Gasteiger partial charge in [-0.3, -0.25) is 4.79 Å². The van der Waals surface area contributed by atoms with Crippen LogP contribution in [0.2, 0.25) is 0 Å². The van der Waals surface area contributed by atoms with Gasteiger partial charge in [0.25, 0.3) is 0 Å². The molecule has 1 spiro atoms. The molecule has 1 saturated heterocycles. The number of nitrogens with zero attached hydrogens (tertiary/aromatic N) is 1. The number of hydrogen-bond donors (Lipinski definition) is 1. The van der Waals surface area contributed by atoms with E-state index in [9.17, 15) is 4.79 Å². The maximum atomic E-state index is 12.3. The minimum atomic E-state index is 0.325. The highest BCUT2D eigenvalue weighted by Crippen LogP contribution is 2.42. The Labute approximate surface area is 120 Å². The fraction of sp³-hybridized carbons (Fsp3) is 0.933. The van der Waals surface area contributed by atoms with E-state index in [2.05, 4.69) is 22.0 Å². The van der Waals surface area contributed by atoms with E-state index in [1.165, 1.54) is 44.9 Å². The van der Waals surface area contributed by atoms with Crippen LogP contribution in [0.1, 0.15) is 44.9 Å². The highest BCUT2D eigenvalue weighted by atomic mass is 32.2. The summed E-state index contributed by atoms with van der Waals surface area (Å²) >= 11 is 2.13. The van der Waals surface area contributed by atoms with Crippen LogP contribution in [0.15, 0.2) is 0 Å². The summed E-state index contributed by atoms with van der Waals surface area (Å²) in [5.74, 6) is 2.31. The van der Waals surface area contributed by atoms with E-state index in [0.717, 1.165) is 31.3 Å². The molecule has 3 fully saturated rings. The molecule has 1 aliphatic heterocycles. The van der Waals surface area contributed by atoms with E-state index in [4.69, 9.17) is 0 Å². The first-order chi connectivity index (χ1) is 9.27. The Morgan fingerprint density at radius 3 is 2.79 bits per heavy atom. The van der Waals surface area contributed by atoms with Crippen LogP contribution >= 0.6 is 11.8 Å². The molecule has 0 atom stereocenters. The van der Waals surface area contributed by atoms with Crippen molar-refractivity contribution in [3.63, 3.8) is 0 Å². The topological polar surface area (TPSA) is 32.3 Å². The summed E-state index contributed by atoms with van der Waals surface area (Å²) in [6.45, 7) is 3.55. The zero-order valence-electron chi connectivity index (χ0n) is 11.8. The van der Waals surface area contributed by atoms with Gasteiger partial charge in [-0.2, -0.15) is 11.8 Å². The lowest BCUT2D eigenvalue weighted by atomic mass is 9.87. The molecule has 0 radical (unpaired) electrons. The van der Waals surface area contributed by atoms with Gasteiger partial charge in [-0.25, -0.2) is 0 Å². The van der Waals surface area contributed by atoms with E-state index in [0.29, 0.717) is 17.2 Å². The largest absolute Gasteiger partial charge is 0.339 e. The summed E-state index contributed by atoms with van der Waals surface area (Å²) < 4.78 is 0.405. The third-order valence-corrected chi connectivity index (χ3v) is 6.31. The van der Waals surface area contributed by atoms with Gasteiger partial charge in [0.15, 0.2) is 0 Å². The lowest BCUT2D eigenvalue weighted by Gasteiger charge is -2.44. The predicted octanol–water partition coefficient (Wildman–Crippen LogP) is 2.26. The normalized spacial score (nSPS) is 26.6. The third kappa shape index (κ3) is 3.66. The Balaban J connectivity index is 1.47. The summed E-state index contributed by atoms with van der Waals surface area (Å²) in [6, 6.07) is 0. The summed E-state index contributed by atoms with van der Waals surface area (Å²) in [6.07, 6.45) is 9.44. The summed E-state index contributed by atoms with van der Waals surface area (Å²) in [7, 11) is 0. The number of hydrogen-bond acceptors (Lipinski definition) is 3. The molecule has 1 N–H and O–H groups in total. The number of nitrogens with one attached hydrogen (secondary N) is 1. The molecular formula is C15H26N2OS. The third-order valence-electron chi connectivity index (χ3n) is 4.77. The molecule has 1 amide bonds. The first-order valence-corrected chi connectivity index (χ1v) is 8.88. The van der Waals surface area contributed by atoms with Gasteiger partial charge in [0.2, 0.25) is 5.91 Å². The van der Waals surface area contributed by atoms with Gasteiger partial charge in [0, 0.05) is 23.6 Å². The van der Waals surface area contributed by atoms with E-state index in [-0.39, 0.29) is 0 Å². The van der Waals surface area contributed by atoms with Crippen molar-refractivity contribution in [1.82, 2.24) is 10.2 Å². The van der Waals surface area contributed by atoms with Crippen molar-refractivity contribution in [1.29, 1.82) is 0 Å². The average molecular weight is 282 g/mol. The molecule has 0 unspecified atom stereocenters. The highest BCUT2D eigenvalue weighted by molar-refractivity contribution is 8.00. The van der Waals surface area contributed by atoms with Crippen LogP contribution in [0.4, 0.5) is 0 Å². The first kappa shape index (κ1) is 13.7. The zero-order chi connectivity index (χ0) is 13.1. The van der Waals surface area contributed by atoms with Crippen molar-refractivity contribution in [3.8, 4) is 0 Å². The van der Waals surface area contributed by atoms with E-state index >= 15 is 0 Å². The Kier molecular flexibility index (Phi) is 4.37. The fourth-order valence-electron chi connectivity index (χ4n) is 3.37. The lowest BCUT2D eigenvalue weighted by molar-refractivity contribution is -0.130. The molecule has 2 aliphatic carbocycles. The smallest absolute Gasteiger partial charge is 0.236 e. The van der Waals surface area contributed by atoms with Gasteiger partial charge in [-0.05, 0) is 38.1 Å². The Morgan fingerprint density at radius 2 is 2.05 bits per heavy atom. The number of rotatable bonds is 4. The van der Waals surface area contributed by atoms with Crippen LogP contribution in [0.25, 0.3) is 0 Å². The summed E-state index contributed by atoms with van der Waals surface area (Å²) in [4.78, 5) is 14.4. The SMILES string of the molecule is O=C(CNCC1CC1)N1CCSC2(CCCCC2)C1. The van der Waals surface area contributed by atoms with E-state index in [1.807, 2.05) is 0 Å². The quantitative estimate of drug-likeness (QED) is 0.858. The van der Waals surface area contributed by atoms with Gasteiger partial charge in [0.1, 0.15) is 0 Å². The van der Waals surface area contributed by atoms with Gasteiger partial charge >= 0.3 is 0 Å². The molecule has 0 aromatic rings. The van der Waals surface area contributed by atoms with Gasteiger partial charge < -0.3 is 10.2 Å². The molecular weight excluding hydrogens is 256 g/mol. The van der Waals surface area contributed by atoms with Crippen molar-refractivity contribution in [3.05, 3.63) is 0 Å². The molecule has 0 bridgehead atoms. The Hall–Kier alpha value is -0.220. The number of carbonyl (C=O) groups excluding carboxylic acids is 1. The maximum Gasteiger partial charge on any atom is 0.236 e. The molecule has 1 heterocycles. The van der Waals surface area contributed by atoms with Crippen molar-refractivity contribution in [2.24, 2.45) is 5.92 Å². The van der Waals surface area contributed by atoms with Crippen LogP contribution in [0.5, 0.6) is 0 Å². The number of thioether (sulfide) groups is 1. The summed E-state index contributed by atoms with van der Waals surface area (Å²) in [5, 5.41) is 3.34. The van der Waals surface area contributed by atoms with Gasteiger partial charge in [-0.1, -0.05) is 19.3 Å².